The van der Waals surface area contributed by atoms with Crippen molar-refractivity contribution in [2.24, 2.45) is 7.05 Å². The van der Waals surface area contributed by atoms with Gasteiger partial charge in [0.2, 0.25) is 6.79 Å². The fourth-order valence-electron chi connectivity index (χ4n) is 2.85. The van der Waals surface area contributed by atoms with Crippen molar-refractivity contribution < 1.29 is 19.1 Å². The minimum absolute atomic E-state index is 0.183. The van der Waals surface area contributed by atoms with E-state index in [0.717, 1.165) is 5.56 Å². The molecule has 0 radical (unpaired) electrons. The summed E-state index contributed by atoms with van der Waals surface area (Å²) >= 11 is 6.05. The van der Waals surface area contributed by atoms with Gasteiger partial charge in [0.1, 0.15) is 5.82 Å². The highest BCUT2D eigenvalue weighted by Crippen LogP contribution is 2.32. The highest BCUT2D eigenvalue weighted by molar-refractivity contribution is 6.34. The zero-order valence-corrected chi connectivity index (χ0v) is 16.2. The molecule has 8 nitrogen and oxygen atoms in total. The van der Waals surface area contributed by atoms with E-state index in [1.807, 2.05) is 12.1 Å². The van der Waals surface area contributed by atoms with Crippen LogP contribution in [0.1, 0.15) is 26.4 Å². The van der Waals surface area contributed by atoms with E-state index in [9.17, 15) is 9.59 Å². The Kier molecular flexibility index (Phi) is 5.09. The molecule has 4 rings (SSSR count). The van der Waals surface area contributed by atoms with E-state index < -0.39 is 0 Å². The first-order valence-corrected chi connectivity index (χ1v) is 9.16. The van der Waals surface area contributed by atoms with Crippen LogP contribution in [0.4, 0.5) is 5.82 Å². The zero-order chi connectivity index (χ0) is 20.4. The lowest BCUT2D eigenvalue weighted by Gasteiger charge is -2.06. The van der Waals surface area contributed by atoms with Crippen LogP contribution in [0.5, 0.6) is 11.5 Å². The molecule has 9 heteroatoms. The van der Waals surface area contributed by atoms with Crippen molar-refractivity contribution in [1.29, 1.82) is 0 Å². The van der Waals surface area contributed by atoms with Gasteiger partial charge in [0, 0.05) is 19.7 Å². The normalized spacial score (nSPS) is 11.9. The molecule has 0 saturated heterocycles. The zero-order valence-electron chi connectivity index (χ0n) is 15.4. The average molecular weight is 413 g/mol. The number of aryl methyl sites for hydroxylation is 1. The Morgan fingerprint density at radius 1 is 1.10 bits per heavy atom. The molecule has 1 aromatic heterocycles. The van der Waals surface area contributed by atoms with Gasteiger partial charge in [-0.25, -0.2) is 0 Å². The molecule has 0 saturated carbocycles. The number of benzene rings is 2. The Balaban J connectivity index is 1.41. The van der Waals surface area contributed by atoms with Crippen molar-refractivity contribution >= 4 is 29.2 Å². The van der Waals surface area contributed by atoms with Crippen LogP contribution in [0.2, 0.25) is 5.02 Å². The Morgan fingerprint density at radius 3 is 2.72 bits per heavy atom. The predicted octanol–water partition coefficient (Wildman–Crippen LogP) is 2.98. The van der Waals surface area contributed by atoms with Crippen molar-refractivity contribution in [3.05, 3.63) is 70.4 Å². The van der Waals surface area contributed by atoms with E-state index in [1.165, 1.54) is 10.7 Å². The molecule has 148 valence electrons. The third-order valence-corrected chi connectivity index (χ3v) is 4.69. The number of anilines is 1. The Labute approximate surface area is 171 Å². The summed E-state index contributed by atoms with van der Waals surface area (Å²) in [6.07, 6.45) is 0. The maximum atomic E-state index is 12.5. The van der Waals surface area contributed by atoms with Crippen molar-refractivity contribution in [2.75, 3.05) is 12.1 Å². The van der Waals surface area contributed by atoms with Crippen LogP contribution in [0.15, 0.2) is 48.5 Å². The number of halogens is 1. The number of hydrogen-bond acceptors (Lipinski definition) is 5. The van der Waals surface area contributed by atoms with Crippen molar-refractivity contribution in [1.82, 2.24) is 15.1 Å². The summed E-state index contributed by atoms with van der Waals surface area (Å²) < 4.78 is 12.0. The largest absolute Gasteiger partial charge is 0.454 e. The lowest BCUT2D eigenvalue weighted by Crippen LogP contribution is -2.23. The summed E-state index contributed by atoms with van der Waals surface area (Å²) in [5, 5.41) is 10.0. The van der Waals surface area contributed by atoms with Crippen LogP contribution < -0.4 is 20.1 Å². The molecule has 2 aromatic carbocycles. The number of rotatable bonds is 5. The molecule has 0 bridgehead atoms. The van der Waals surface area contributed by atoms with E-state index >= 15 is 0 Å². The summed E-state index contributed by atoms with van der Waals surface area (Å²) in [7, 11) is 1.64. The molecule has 1 aliphatic rings. The average Bonchev–Trinajstić information content (AvgIpc) is 3.32. The summed E-state index contributed by atoms with van der Waals surface area (Å²) in [6, 6.07) is 13.7. The number of nitrogens with one attached hydrogen (secondary N) is 2. The molecule has 1 aliphatic heterocycles. The highest BCUT2D eigenvalue weighted by Gasteiger charge is 2.17. The lowest BCUT2D eigenvalue weighted by molar-refractivity contribution is 0.0944. The first kappa shape index (κ1) is 18.8. The fraction of sp³-hybridized carbons (Fsp3) is 0.150. The second kappa shape index (κ2) is 7.84. The lowest BCUT2D eigenvalue weighted by atomic mass is 10.2. The summed E-state index contributed by atoms with van der Waals surface area (Å²) in [5.41, 5.74) is 1.39. The van der Waals surface area contributed by atoms with Gasteiger partial charge in [-0.15, -0.1) is 0 Å². The van der Waals surface area contributed by atoms with Gasteiger partial charge in [0.25, 0.3) is 11.8 Å². The number of ether oxygens (including phenoxy) is 2. The van der Waals surface area contributed by atoms with Crippen molar-refractivity contribution in [2.45, 2.75) is 6.54 Å². The highest BCUT2D eigenvalue weighted by atomic mass is 35.5. The standard InChI is InChI=1S/C20H17ClN4O4/c1-25-18(23-19(26)13-4-2-3-5-14(13)21)9-15(24-25)20(27)22-10-12-6-7-16-17(8-12)29-11-28-16/h2-9H,10-11H2,1H3,(H,22,27)(H,23,26). The van der Waals surface area contributed by atoms with E-state index in [2.05, 4.69) is 15.7 Å². The maximum absolute atomic E-state index is 12.5. The Hall–Kier alpha value is -3.52. The van der Waals surface area contributed by atoms with Crippen LogP contribution in [-0.2, 0) is 13.6 Å². The van der Waals surface area contributed by atoms with E-state index in [-0.39, 0.29) is 24.3 Å². The number of carbonyl (C=O) groups is 2. The molecule has 2 N–H and O–H groups in total. The molecule has 0 fully saturated rings. The monoisotopic (exact) mass is 412 g/mol. The van der Waals surface area contributed by atoms with Gasteiger partial charge in [0.05, 0.1) is 10.6 Å². The number of nitrogens with zero attached hydrogens (tertiary/aromatic N) is 2. The van der Waals surface area contributed by atoms with Gasteiger partial charge in [0.15, 0.2) is 17.2 Å². The summed E-state index contributed by atoms with van der Waals surface area (Å²) in [5.74, 6) is 0.966. The Bertz CT molecular complexity index is 1100. The second-order valence-corrected chi connectivity index (χ2v) is 6.75. The molecule has 2 amide bonds. The van der Waals surface area contributed by atoms with E-state index in [4.69, 9.17) is 21.1 Å². The van der Waals surface area contributed by atoms with Gasteiger partial charge < -0.3 is 20.1 Å². The number of carbonyl (C=O) groups excluding carboxylic acids is 2. The van der Waals surface area contributed by atoms with Crippen LogP contribution in [0.25, 0.3) is 0 Å². The van der Waals surface area contributed by atoms with Crippen molar-refractivity contribution in [3.63, 3.8) is 0 Å². The first-order chi connectivity index (χ1) is 14.0. The van der Waals surface area contributed by atoms with Gasteiger partial charge in [-0.3, -0.25) is 14.3 Å². The molecule has 0 spiro atoms. The summed E-state index contributed by atoms with van der Waals surface area (Å²) in [4.78, 5) is 24.9. The Morgan fingerprint density at radius 2 is 1.90 bits per heavy atom. The van der Waals surface area contributed by atoms with Gasteiger partial charge in [-0.05, 0) is 29.8 Å². The molecule has 3 aromatic rings. The molecule has 0 atom stereocenters. The number of fused-ring (bicyclic) bond motifs is 1. The van der Waals surface area contributed by atoms with Crippen LogP contribution >= 0.6 is 11.6 Å². The minimum atomic E-state index is -0.383. The fourth-order valence-corrected chi connectivity index (χ4v) is 3.07. The second-order valence-electron chi connectivity index (χ2n) is 6.34. The third kappa shape index (κ3) is 4.02. The van der Waals surface area contributed by atoms with Gasteiger partial charge >= 0.3 is 0 Å². The third-order valence-electron chi connectivity index (χ3n) is 4.36. The van der Waals surface area contributed by atoms with Crippen LogP contribution in [-0.4, -0.2) is 28.4 Å². The quantitative estimate of drug-likeness (QED) is 0.671. The van der Waals surface area contributed by atoms with Crippen LogP contribution in [0, 0.1) is 0 Å². The van der Waals surface area contributed by atoms with E-state index in [0.29, 0.717) is 34.4 Å². The van der Waals surface area contributed by atoms with E-state index in [1.54, 1.807) is 37.4 Å². The molecule has 29 heavy (non-hydrogen) atoms. The predicted molar refractivity (Wildman–Crippen MR) is 106 cm³/mol. The molecular formula is C20H17ClN4O4. The number of aromatic nitrogens is 2. The molecular weight excluding hydrogens is 396 g/mol. The number of hydrogen-bond donors (Lipinski definition) is 2. The SMILES string of the molecule is Cn1nc(C(=O)NCc2ccc3c(c2)OCO3)cc1NC(=O)c1ccccc1Cl. The summed E-state index contributed by atoms with van der Waals surface area (Å²) in [6.45, 7) is 0.495. The van der Waals surface area contributed by atoms with Gasteiger partial charge in [-0.2, -0.15) is 5.10 Å². The minimum Gasteiger partial charge on any atom is -0.454 e. The molecule has 2 heterocycles. The molecule has 0 aliphatic carbocycles. The number of amides is 2. The van der Waals surface area contributed by atoms with Crippen molar-refractivity contribution in [3.8, 4) is 11.5 Å². The van der Waals surface area contributed by atoms with Crippen LogP contribution in [0.3, 0.4) is 0 Å². The van der Waals surface area contributed by atoms with Gasteiger partial charge in [-0.1, -0.05) is 29.8 Å². The first-order valence-electron chi connectivity index (χ1n) is 8.78. The molecule has 0 unspecified atom stereocenters. The maximum Gasteiger partial charge on any atom is 0.272 e. The topological polar surface area (TPSA) is 94.5 Å². The smallest absolute Gasteiger partial charge is 0.272 e.